The predicted molar refractivity (Wildman–Crippen MR) is 54.3 cm³/mol. The number of nitriles is 1. The molecule has 0 spiro atoms. The van der Waals surface area contributed by atoms with Crippen molar-refractivity contribution in [3.8, 4) is 11.8 Å². The van der Waals surface area contributed by atoms with Gasteiger partial charge in [-0.15, -0.1) is 0 Å². The number of aromatic hydroxyl groups is 1. The molecular formula is C8H4N2OS2. The molecule has 1 heterocycles. The summed E-state index contributed by atoms with van der Waals surface area (Å²) in [4.78, 5) is 5.04. The molecule has 0 radical (unpaired) electrons. The smallest absolute Gasteiger partial charge is 0.185 e. The Hall–Kier alpha value is -1.12. The van der Waals surface area contributed by atoms with Crippen molar-refractivity contribution < 1.29 is 5.11 Å². The summed E-state index contributed by atoms with van der Waals surface area (Å²) in [6.07, 6.45) is 0. The third-order valence-electron chi connectivity index (χ3n) is 1.47. The van der Waals surface area contributed by atoms with Crippen LogP contribution in [-0.2, 0) is 0 Å². The second kappa shape index (κ2) is 3.32. The molecule has 2 rings (SSSR count). The summed E-state index contributed by atoms with van der Waals surface area (Å²) in [5.74, 6) is 0.173. The first-order valence-electron chi connectivity index (χ1n) is 3.46. The molecule has 0 atom stereocenters. The van der Waals surface area contributed by atoms with E-state index >= 15 is 0 Å². The highest BCUT2D eigenvalue weighted by molar-refractivity contribution is 8.82. The minimum absolute atomic E-state index is 0.173. The van der Waals surface area contributed by atoms with Gasteiger partial charge in [-0.25, -0.2) is 4.99 Å². The van der Waals surface area contributed by atoms with Gasteiger partial charge in [0, 0.05) is 11.0 Å². The van der Waals surface area contributed by atoms with Crippen LogP contribution < -0.4 is 0 Å². The van der Waals surface area contributed by atoms with E-state index < -0.39 is 0 Å². The average Bonchev–Trinajstić information content (AvgIpc) is 2.16. The molecule has 64 valence electrons. The summed E-state index contributed by atoms with van der Waals surface area (Å²) in [7, 11) is 2.82. The van der Waals surface area contributed by atoms with E-state index in [9.17, 15) is 5.11 Å². The van der Waals surface area contributed by atoms with Crippen molar-refractivity contribution in [2.45, 2.75) is 4.90 Å². The maximum atomic E-state index is 9.18. The van der Waals surface area contributed by atoms with Gasteiger partial charge in [0.25, 0.3) is 0 Å². The fourth-order valence-corrected chi connectivity index (χ4v) is 2.73. The fraction of sp³-hybridized carbons (Fsp3) is 0. The van der Waals surface area contributed by atoms with Crippen LogP contribution in [0, 0.1) is 11.3 Å². The first-order valence-corrected chi connectivity index (χ1v) is 5.61. The van der Waals surface area contributed by atoms with Crippen molar-refractivity contribution in [2.75, 3.05) is 0 Å². The number of aliphatic imine (C=N–C) groups is 1. The van der Waals surface area contributed by atoms with Gasteiger partial charge in [0.15, 0.2) is 5.04 Å². The van der Waals surface area contributed by atoms with Crippen LogP contribution in [0.4, 0.5) is 5.69 Å². The minimum atomic E-state index is 0.173. The van der Waals surface area contributed by atoms with Crippen molar-refractivity contribution in [1.29, 1.82) is 5.26 Å². The van der Waals surface area contributed by atoms with Crippen LogP contribution in [-0.4, -0.2) is 10.2 Å². The SMILES string of the molecule is N#CC1=Nc2cc(O)ccc2SS1. The number of nitrogens with zero attached hydrogens (tertiary/aromatic N) is 2. The number of rotatable bonds is 0. The van der Waals surface area contributed by atoms with Gasteiger partial charge in [-0.2, -0.15) is 5.26 Å². The topological polar surface area (TPSA) is 56.4 Å². The fourth-order valence-electron chi connectivity index (χ4n) is 0.920. The van der Waals surface area contributed by atoms with Crippen LogP contribution >= 0.6 is 21.6 Å². The standard InChI is InChI=1S/C8H4N2OS2/c9-4-8-10-6-3-5(11)1-2-7(6)12-13-8/h1-3,11H. The van der Waals surface area contributed by atoms with Crippen molar-refractivity contribution in [2.24, 2.45) is 4.99 Å². The predicted octanol–water partition coefficient (Wildman–Crippen LogP) is 2.70. The lowest BCUT2D eigenvalue weighted by atomic mass is 10.3. The number of fused-ring (bicyclic) bond motifs is 1. The Morgan fingerprint density at radius 3 is 3.00 bits per heavy atom. The molecule has 1 aliphatic heterocycles. The van der Waals surface area contributed by atoms with E-state index in [4.69, 9.17) is 5.26 Å². The normalized spacial score (nSPS) is 14.2. The number of phenolic OH excluding ortho intramolecular Hbond substituents is 1. The molecule has 0 aromatic heterocycles. The van der Waals surface area contributed by atoms with Crippen LogP contribution in [0.3, 0.4) is 0 Å². The Labute approximate surface area is 82.9 Å². The monoisotopic (exact) mass is 208 g/mol. The second-order valence-electron chi connectivity index (χ2n) is 2.35. The Kier molecular flexibility index (Phi) is 2.17. The molecule has 0 saturated heterocycles. The second-order valence-corrected chi connectivity index (χ2v) is 4.51. The summed E-state index contributed by atoms with van der Waals surface area (Å²) >= 11 is 0. The van der Waals surface area contributed by atoms with Gasteiger partial charge in [-0.1, -0.05) is 0 Å². The zero-order valence-corrected chi connectivity index (χ0v) is 8.02. The maximum Gasteiger partial charge on any atom is 0.185 e. The van der Waals surface area contributed by atoms with Gasteiger partial charge in [0.1, 0.15) is 11.8 Å². The molecule has 1 aliphatic rings. The Morgan fingerprint density at radius 2 is 2.23 bits per heavy atom. The molecule has 0 fully saturated rings. The highest BCUT2D eigenvalue weighted by Crippen LogP contribution is 2.44. The zero-order valence-electron chi connectivity index (χ0n) is 6.39. The lowest BCUT2D eigenvalue weighted by Gasteiger charge is -2.09. The molecule has 0 amide bonds. The number of hydrogen-bond donors (Lipinski definition) is 1. The number of phenols is 1. The maximum absolute atomic E-state index is 9.18. The van der Waals surface area contributed by atoms with Gasteiger partial charge in [-0.3, -0.25) is 0 Å². The van der Waals surface area contributed by atoms with Gasteiger partial charge in [0.05, 0.1) is 5.69 Å². The molecule has 0 aliphatic carbocycles. The molecule has 0 unspecified atom stereocenters. The first kappa shape index (κ1) is 8.48. The van der Waals surface area contributed by atoms with E-state index in [1.165, 1.54) is 21.6 Å². The van der Waals surface area contributed by atoms with E-state index in [0.717, 1.165) is 4.90 Å². The lowest BCUT2D eigenvalue weighted by molar-refractivity contribution is 0.475. The van der Waals surface area contributed by atoms with Crippen LogP contribution in [0.15, 0.2) is 28.1 Å². The molecular weight excluding hydrogens is 204 g/mol. The summed E-state index contributed by atoms with van der Waals surface area (Å²) in [5, 5.41) is 18.2. The van der Waals surface area contributed by atoms with E-state index in [-0.39, 0.29) is 5.75 Å². The van der Waals surface area contributed by atoms with Gasteiger partial charge < -0.3 is 5.11 Å². The van der Waals surface area contributed by atoms with E-state index in [1.807, 2.05) is 6.07 Å². The van der Waals surface area contributed by atoms with E-state index in [0.29, 0.717) is 10.7 Å². The van der Waals surface area contributed by atoms with Crippen LogP contribution in [0.5, 0.6) is 5.75 Å². The first-order chi connectivity index (χ1) is 6.29. The summed E-state index contributed by atoms with van der Waals surface area (Å²) < 4.78 is 0. The molecule has 0 bridgehead atoms. The van der Waals surface area contributed by atoms with Crippen molar-refractivity contribution in [1.82, 2.24) is 0 Å². The quantitative estimate of drug-likeness (QED) is 0.666. The Bertz CT molecular complexity index is 423. The van der Waals surface area contributed by atoms with Crippen LogP contribution in [0.2, 0.25) is 0 Å². The third-order valence-corrected chi connectivity index (χ3v) is 3.68. The van der Waals surface area contributed by atoms with Gasteiger partial charge in [-0.05, 0) is 33.7 Å². The highest BCUT2D eigenvalue weighted by atomic mass is 33.1. The summed E-state index contributed by atoms with van der Waals surface area (Å²) in [6.45, 7) is 0. The molecule has 0 saturated carbocycles. The largest absolute Gasteiger partial charge is 0.508 e. The van der Waals surface area contributed by atoms with Crippen LogP contribution in [0.1, 0.15) is 0 Å². The molecule has 1 aromatic rings. The Morgan fingerprint density at radius 1 is 1.38 bits per heavy atom. The third kappa shape index (κ3) is 1.64. The number of benzene rings is 1. The van der Waals surface area contributed by atoms with Crippen LogP contribution in [0.25, 0.3) is 0 Å². The molecule has 13 heavy (non-hydrogen) atoms. The molecule has 3 nitrogen and oxygen atoms in total. The van der Waals surface area contributed by atoms with Gasteiger partial charge >= 0.3 is 0 Å². The van der Waals surface area contributed by atoms with E-state index in [1.54, 1.807) is 18.2 Å². The van der Waals surface area contributed by atoms with Crippen molar-refractivity contribution in [3.63, 3.8) is 0 Å². The lowest BCUT2D eigenvalue weighted by Crippen LogP contribution is -1.88. The average molecular weight is 208 g/mol. The molecule has 5 heteroatoms. The van der Waals surface area contributed by atoms with Crippen molar-refractivity contribution in [3.05, 3.63) is 18.2 Å². The summed E-state index contributed by atoms with van der Waals surface area (Å²) in [5.41, 5.74) is 0.667. The highest BCUT2D eigenvalue weighted by Gasteiger charge is 2.13. The van der Waals surface area contributed by atoms with Gasteiger partial charge in [0.2, 0.25) is 0 Å². The summed E-state index contributed by atoms with van der Waals surface area (Å²) in [6, 6.07) is 6.93. The minimum Gasteiger partial charge on any atom is -0.508 e. The zero-order chi connectivity index (χ0) is 9.26. The van der Waals surface area contributed by atoms with Crippen molar-refractivity contribution >= 4 is 32.3 Å². The van der Waals surface area contributed by atoms with E-state index in [2.05, 4.69) is 4.99 Å². The number of hydrogen-bond acceptors (Lipinski definition) is 5. The Balaban J connectivity index is 2.51. The molecule has 1 aromatic carbocycles. The molecule has 1 N–H and O–H groups in total.